The molecule has 32 heavy (non-hydrogen) atoms. The Morgan fingerprint density at radius 2 is 1.97 bits per heavy atom. The SMILES string of the molecule is Cc1ccc(NC(=NC(Cn2ccnc2)c2ccc(F)cc2F)NC(=O)C2(C)CC2)cc1. The molecule has 1 atom stereocenters. The van der Waals surface area contributed by atoms with Crippen molar-refractivity contribution in [3.05, 3.63) is 83.9 Å². The van der Waals surface area contributed by atoms with Crippen LogP contribution in [0, 0.1) is 24.0 Å². The van der Waals surface area contributed by atoms with E-state index in [1.54, 1.807) is 23.3 Å². The maximum atomic E-state index is 14.7. The second-order valence-corrected chi connectivity index (χ2v) is 8.42. The van der Waals surface area contributed by atoms with Gasteiger partial charge in [0.1, 0.15) is 11.6 Å². The van der Waals surface area contributed by atoms with Gasteiger partial charge in [0.25, 0.3) is 0 Å². The van der Waals surface area contributed by atoms with Gasteiger partial charge in [0.2, 0.25) is 11.9 Å². The van der Waals surface area contributed by atoms with Crippen LogP contribution in [0.15, 0.2) is 66.2 Å². The van der Waals surface area contributed by atoms with Crippen molar-refractivity contribution in [2.45, 2.75) is 39.3 Å². The van der Waals surface area contributed by atoms with E-state index in [4.69, 9.17) is 0 Å². The van der Waals surface area contributed by atoms with Crippen molar-refractivity contribution in [2.24, 2.45) is 10.4 Å². The normalized spacial score (nSPS) is 15.8. The smallest absolute Gasteiger partial charge is 0.232 e. The quantitative estimate of drug-likeness (QED) is 0.438. The molecule has 1 saturated carbocycles. The van der Waals surface area contributed by atoms with E-state index < -0.39 is 23.1 Å². The average Bonchev–Trinajstić information content (AvgIpc) is 3.29. The van der Waals surface area contributed by atoms with Crippen LogP contribution in [0.2, 0.25) is 0 Å². The largest absolute Gasteiger partial charge is 0.335 e. The molecule has 1 aromatic heterocycles. The number of aryl methyl sites for hydroxylation is 1. The standard InChI is InChI=1S/C24H25F2N5O/c1-16-3-6-18(7-4-16)28-23(30-22(32)24(2)9-10-24)29-21(14-31-12-11-27-15-31)19-8-5-17(25)13-20(19)26/h3-8,11-13,15,21H,9-10,14H2,1-2H3,(H2,28,29,30,32). The van der Waals surface area contributed by atoms with Gasteiger partial charge in [0.15, 0.2) is 0 Å². The first-order valence-electron chi connectivity index (χ1n) is 10.5. The van der Waals surface area contributed by atoms with Gasteiger partial charge in [-0.1, -0.05) is 30.7 Å². The van der Waals surface area contributed by atoms with Crippen LogP contribution in [0.25, 0.3) is 0 Å². The van der Waals surface area contributed by atoms with Crippen molar-refractivity contribution in [3.63, 3.8) is 0 Å². The zero-order valence-electron chi connectivity index (χ0n) is 18.0. The summed E-state index contributed by atoms with van der Waals surface area (Å²) in [4.78, 5) is 21.5. The molecule has 3 aromatic rings. The Labute approximate surface area is 185 Å². The van der Waals surface area contributed by atoms with Crippen molar-refractivity contribution in [2.75, 3.05) is 5.32 Å². The molecule has 2 aromatic carbocycles. The van der Waals surface area contributed by atoms with Gasteiger partial charge in [0, 0.05) is 35.1 Å². The zero-order valence-corrected chi connectivity index (χ0v) is 18.0. The first-order chi connectivity index (χ1) is 15.3. The highest BCUT2D eigenvalue weighted by molar-refractivity contribution is 6.06. The van der Waals surface area contributed by atoms with E-state index in [0.717, 1.165) is 30.2 Å². The molecule has 6 nitrogen and oxygen atoms in total. The molecule has 2 N–H and O–H groups in total. The summed E-state index contributed by atoms with van der Waals surface area (Å²) in [5, 5.41) is 6.02. The number of anilines is 1. The van der Waals surface area contributed by atoms with Gasteiger partial charge in [-0.15, -0.1) is 0 Å². The summed E-state index contributed by atoms with van der Waals surface area (Å²) in [5.41, 5.74) is 1.62. The zero-order chi connectivity index (χ0) is 22.7. The number of guanidine groups is 1. The number of rotatable bonds is 6. The average molecular weight is 437 g/mol. The number of nitrogens with one attached hydrogen (secondary N) is 2. The van der Waals surface area contributed by atoms with Gasteiger partial charge < -0.3 is 9.88 Å². The maximum Gasteiger partial charge on any atom is 0.232 e. The molecule has 1 amide bonds. The summed E-state index contributed by atoms with van der Waals surface area (Å²) in [6.45, 7) is 4.14. The molecule has 1 aliphatic rings. The number of hydrogen-bond donors (Lipinski definition) is 2. The minimum absolute atomic E-state index is 0.142. The van der Waals surface area contributed by atoms with E-state index in [-0.39, 0.29) is 24.0 Å². The van der Waals surface area contributed by atoms with Gasteiger partial charge >= 0.3 is 0 Å². The number of aliphatic imine (C=N–C) groups is 1. The Morgan fingerprint density at radius 3 is 2.59 bits per heavy atom. The molecule has 8 heteroatoms. The summed E-state index contributed by atoms with van der Waals surface area (Å²) in [7, 11) is 0. The number of carbonyl (C=O) groups excluding carboxylic acids is 1. The van der Waals surface area contributed by atoms with E-state index >= 15 is 0 Å². The Bertz CT molecular complexity index is 1120. The van der Waals surface area contributed by atoms with Crippen LogP contribution in [-0.2, 0) is 11.3 Å². The number of carbonyl (C=O) groups is 1. The highest BCUT2D eigenvalue weighted by Gasteiger charge is 2.45. The lowest BCUT2D eigenvalue weighted by Gasteiger charge is -2.19. The fraction of sp³-hybridized carbons (Fsp3) is 0.292. The van der Waals surface area contributed by atoms with Gasteiger partial charge in [-0.2, -0.15) is 0 Å². The van der Waals surface area contributed by atoms with E-state index in [9.17, 15) is 13.6 Å². The van der Waals surface area contributed by atoms with Crippen molar-refractivity contribution >= 4 is 17.6 Å². The Balaban J connectivity index is 1.70. The number of benzene rings is 2. The number of halogens is 2. The van der Waals surface area contributed by atoms with E-state index in [0.29, 0.717) is 0 Å². The van der Waals surface area contributed by atoms with Crippen molar-refractivity contribution in [1.82, 2.24) is 14.9 Å². The van der Waals surface area contributed by atoms with Gasteiger partial charge in [-0.05, 0) is 38.0 Å². The third-order valence-electron chi connectivity index (χ3n) is 5.64. The molecule has 1 aliphatic carbocycles. The van der Waals surface area contributed by atoms with Crippen LogP contribution in [0.1, 0.15) is 36.9 Å². The third-order valence-corrected chi connectivity index (χ3v) is 5.64. The van der Waals surface area contributed by atoms with Crippen LogP contribution in [0.5, 0.6) is 0 Å². The van der Waals surface area contributed by atoms with E-state index in [1.165, 1.54) is 12.1 Å². The van der Waals surface area contributed by atoms with Gasteiger partial charge in [-0.3, -0.25) is 10.1 Å². The minimum Gasteiger partial charge on any atom is -0.335 e. The number of hydrogen-bond acceptors (Lipinski definition) is 3. The molecule has 0 spiro atoms. The molecule has 4 rings (SSSR count). The monoisotopic (exact) mass is 437 g/mol. The summed E-state index contributed by atoms with van der Waals surface area (Å²) in [6.07, 6.45) is 6.56. The molecule has 0 radical (unpaired) electrons. The Morgan fingerprint density at radius 1 is 1.22 bits per heavy atom. The van der Waals surface area contributed by atoms with Crippen molar-refractivity contribution in [3.8, 4) is 0 Å². The lowest BCUT2D eigenvalue weighted by molar-refractivity contribution is -0.124. The number of imidazole rings is 1. The predicted molar refractivity (Wildman–Crippen MR) is 119 cm³/mol. The van der Waals surface area contributed by atoms with Crippen LogP contribution >= 0.6 is 0 Å². The summed E-state index contributed by atoms with van der Waals surface area (Å²) in [6, 6.07) is 10.3. The molecule has 0 saturated heterocycles. The van der Waals surface area contributed by atoms with Crippen LogP contribution in [0.4, 0.5) is 14.5 Å². The molecule has 1 fully saturated rings. The first kappa shape index (κ1) is 21.7. The van der Waals surface area contributed by atoms with Crippen molar-refractivity contribution in [1.29, 1.82) is 0 Å². The highest BCUT2D eigenvalue weighted by atomic mass is 19.1. The lowest BCUT2D eigenvalue weighted by Crippen LogP contribution is -2.40. The number of aromatic nitrogens is 2. The van der Waals surface area contributed by atoms with Gasteiger partial charge in [-0.25, -0.2) is 18.8 Å². The second-order valence-electron chi connectivity index (χ2n) is 8.42. The van der Waals surface area contributed by atoms with Crippen LogP contribution in [0.3, 0.4) is 0 Å². The Kier molecular flexibility index (Phi) is 6.03. The molecular weight excluding hydrogens is 412 g/mol. The fourth-order valence-electron chi connectivity index (χ4n) is 3.27. The molecule has 1 heterocycles. The number of amides is 1. The molecule has 166 valence electrons. The van der Waals surface area contributed by atoms with E-state index in [2.05, 4.69) is 20.6 Å². The Hall–Kier alpha value is -3.55. The summed E-state index contributed by atoms with van der Waals surface area (Å²) in [5.74, 6) is -1.30. The summed E-state index contributed by atoms with van der Waals surface area (Å²) < 4.78 is 29.9. The lowest BCUT2D eigenvalue weighted by atomic mass is 10.1. The molecular formula is C24H25F2N5O. The minimum atomic E-state index is -0.731. The maximum absolute atomic E-state index is 14.7. The van der Waals surface area contributed by atoms with Crippen LogP contribution < -0.4 is 10.6 Å². The fourth-order valence-corrected chi connectivity index (χ4v) is 3.27. The third kappa shape index (κ3) is 5.19. The van der Waals surface area contributed by atoms with Crippen LogP contribution in [-0.4, -0.2) is 21.4 Å². The molecule has 1 unspecified atom stereocenters. The first-order valence-corrected chi connectivity index (χ1v) is 10.5. The number of nitrogens with zero attached hydrogens (tertiary/aromatic N) is 3. The topological polar surface area (TPSA) is 71.3 Å². The van der Waals surface area contributed by atoms with Crippen molar-refractivity contribution < 1.29 is 13.6 Å². The molecule has 0 bridgehead atoms. The second kappa shape index (κ2) is 8.90. The van der Waals surface area contributed by atoms with E-state index in [1.807, 2.05) is 38.1 Å². The summed E-state index contributed by atoms with van der Waals surface area (Å²) >= 11 is 0. The molecule has 0 aliphatic heterocycles. The highest BCUT2D eigenvalue weighted by Crippen LogP contribution is 2.45. The van der Waals surface area contributed by atoms with Gasteiger partial charge in [0.05, 0.1) is 18.9 Å². The predicted octanol–water partition coefficient (Wildman–Crippen LogP) is 4.60.